The number of benzene rings is 1. The molecule has 0 bridgehead atoms. The van der Waals surface area contributed by atoms with Gasteiger partial charge >= 0.3 is 0 Å². The number of hydrogen-bond donors (Lipinski definition) is 2. The van der Waals surface area contributed by atoms with Gasteiger partial charge in [-0.05, 0) is 49.0 Å². The molecule has 0 unspecified atom stereocenters. The third kappa shape index (κ3) is 4.58. The van der Waals surface area contributed by atoms with E-state index < -0.39 is 0 Å². The van der Waals surface area contributed by atoms with Gasteiger partial charge in [-0.15, -0.1) is 0 Å². The highest BCUT2D eigenvalue weighted by Crippen LogP contribution is 2.43. The normalized spacial score (nSPS) is 25.3. The number of allylic oxidation sites excluding steroid dienone is 1. The van der Waals surface area contributed by atoms with Gasteiger partial charge in [-0.3, -0.25) is 0 Å². The summed E-state index contributed by atoms with van der Waals surface area (Å²) in [6.45, 7) is 15.7. The van der Waals surface area contributed by atoms with Gasteiger partial charge in [0.05, 0.1) is 0 Å². The summed E-state index contributed by atoms with van der Waals surface area (Å²) in [6, 6.07) is 11.5. The second-order valence-corrected chi connectivity index (χ2v) is 9.80. The largest absolute Gasteiger partial charge is 0.330 e. The Hall–Kier alpha value is -1.12. The molecule has 1 fully saturated rings. The van der Waals surface area contributed by atoms with Gasteiger partial charge in [0.25, 0.3) is 0 Å². The Bertz CT molecular complexity index is 584. The van der Waals surface area contributed by atoms with Crippen molar-refractivity contribution in [2.75, 3.05) is 13.1 Å². The fraction of sp³-hybridized carbons (Fsp3) is 0.667. The number of rotatable bonds is 6. The van der Waals surface area contributed by atoms with Crippen LogP contribution in [0.1, 0.15) is 72.8 Å². The highest BCUT2D eigenvalue weighted by atomic mass is 14.9. The van der Waals surface area contributed by atoms with E-state index in [1.807, 2.05) is 0 Å². The van der Waals surface area contributed by atoms with E-state index >= 15 is 0 Å². The molecule has 0 amide bonds. The van der Waals surface area contributed by atoms with E-state index in [1.54, 1.807) is 0 Å². The number of nitrogens with two attached hydrogens (primary N) is 1. The SMILES string of the molecule is C/C(=C\CNC1CCC(CN)(c2ccccc2)CC1)C(C)(C)C(C)(C)C. The molecule has 3 N–H and O–H groups in total. The van der Waals surface area contributed by atoms with Crippen LogP contribution in [0, 0.1) is 10.8 Å². The average Bonchev–Trinajstić information content (AvgIpc) is 2.62. The molecule has 0 aromatic heterocycles. The highest BCUT2D eigenvalue weighted by Gasteiger charge is 2.36. The molecule has 0 heterocycles. The Kier molecular flexibility index (Phi) is 6.74. The second kappa shape index (κ2) is 8.27. The molecular weight excluding hydrogens is 316 g/mol. The van der Waals surface area contributed by atoms with Crippen molar-refractivity contribution < 1.29 is 0 Å². The molecule has 1 aromatic carbocycles. The topological polar surface area (TPSA) is 38.0 Å². The summed E-state index contributed by atoms with van der Waals surface area (Å²) in [5, 5.41) is 3.77. The van der Waals surface area contributed by atoms with E-state index in [0.29, 0.717) is 6.04 Å². The lowest BCUT2D eigenvalue weighted by atomic mass is 9.65. The lowest BCUT2D eigenvalue weighted by Gasteiger charge is -2.41. The van der Waals surface area contributed by atoms with Crippen LogP contribution in [0.15, 0.2) is 42.0 Å². The maximum absolute atomic E-state index is 6.21. The van der Waals surface area contributed by atoms with Crippen molar-refractivity contribution in [1.29, 1.82) is 0 Å². The van der Waals surface area contributed by atoms with Gasteiger partial charge in [0.15, 0.2) is 0 Å². The van der Waals surface area contributed by atoms with Gasteiger partial charge in [-0.1, -0.05) is 76.6 Å². The van der Waals surface area contributed by atoms with Crippen molar-refractivity contribution >= 4 is 0 Å². The molecule has 0 spiro atoms. The molecule has 1 aliphatic rings. The van der Waals surface area contributed by atoms with Crippen molar-refractivity contribution in [2.45, 2.75) is 78.7 Å². The van der Waals surface area contributed by atoms with Crippen molar-refractivity contribution in [3.8, 4) is 0 Å². The summed E-state index contributed by atoms with van der Waals surface area (Å²) in [6.07, 6.45) is 7.18. The molecule has 0 radical (unpaired) electrons. The van der Waals surface area contributed by atoms with Gasteiger partial charge in [-0.2, -0.15) is 0 Å². The minimum atomic E-state index is 0.180. The van der Waals surface area contributed by atoms with Gasteiger partial charge in [-0.25, -0.2) is 0 Å². The average molecular weight is 357 g/mol. The van der Waals surface area contributed by atoms with Crippen LogP contribution in [0.3, 0.4) is 0 Å². The van der Waals surface area contributed by atoms with E-state index in [9.17, 15) is 0 Å². The number of nitrogens with one attached hydrogen (secondary N) is 1. The summed E-state index contributed by atoms with van der Waals surface area (Å²) >= 11 is 0. The third-order valence-corrected chi connectivity index (χ3v) is 7.40. The van der Waals surface area contributed by atoms with Crippen molar-refractivity contribution in [3.05, 3.63) is 47.5 Å². The Morgan fingerprint density at radius 1 is 1.12 bits per heavy atom. The van der Waals surface area contributed by atoms with Crippen LogP contribution in [0.25, 0.3) is 0 Å². The maximum atomic E-state index is 6.21. The second-order valence-electron chi connectivity index (χ2n) is 9.80. The zero-order valence-corrected chi connectivity index (χ0v) is 17.9. The fourth-order valence-corrected chi connectivity index (χ4v) is 4.00. The maximum Gasteiger partial charge on any atom is 0.0140 e. The molecule has 2 nitrogen and oxygen atoms in total. The molecule has 0 atom stereocenters. The van der Waals surface area contributed by atoms with E-state index in [1.165, 1.54) is 36.8 Å². The summed E-state index contributed by atoms with van der Waals surface area (Å²) in [4.78, 5) is 0. The van der Waals surface area contributed by atoms with Gasteiger partial charge < -0.3 is 11.1 Å². The van der Waals surface area contributed by atoms with E-state index in [4.69, 9.17) is 5.73 Å². The van der Waals surface area contributed by atoms with Gasteiger partial charge in [0, 0.05) is 24.5 Å². The molecule has 1 aliphatic carbocycles. The van der Waals surface area contributed by atoms with Crippen LogP contribution < -0.4 is 11.1 Å². The minimum Gasteiger partial charge on any atom is -0.330 e. The molecule has 0 aliphatic heterocycles. The zero-order valence-electron chi connectivity index (χ0n) is 17.9. The zero-order chi connectivity index (χ0) is 19.4. The minimum absolute atomic E-state index is 0.180. The molecule has 1 aromatic rings. The molecule has 1 saturated carbocycles. The lowest BCUT2D eigenvalue weighted by molar-refractivity contribution is 0.176. The Labute approximate surface area is 161 Å². The third-order valence-electron chi connectivity index (χ3n) is 7.40. The van der Waals surface area contributed by atoms with Crippen molar-refractivity contribution in [2.24, 2.45) is 16.6 Å². The highest BCUT2D eigenvalue weighted by molar-refractivity contribution is 5.27. The van der Waals surface area contributed by atoms with Crippen molar-refractivity contribution in [1.82, 2.24) is 5.32 Å². The van der Waals surface area contributed by atoms with Crippen LogP contribution in [-0.2, 0) is 5.41 Å². The van der Waals surface area contributed by atoms with E-state index in [-0.39, 0.29) is 16.2 Å². The molecule has 26 heavy (non-hydrogen) atoms. The summed E-state index contributed by atoms with van der Waals surface area (Å²) in [5.74, 6) is 0. The summed E-state index contributed by atoms with van der Waals surface area (Å²) < 4.78 is 0. The molecule has 2 heteroatoms. The monoisotopic (exact) mass is 356 g/mol. The van der Waals surface area contributed by atoms with E-state index in [2.05, 4.69) is 83.3 Å². The molecular formula is C24H40N2. The van der Waals surface area contributed by atoms with Crippen LogP contribution in [0.4, 0.5) is 0 Å². The summed E-state index contributed by atoms with van der Waals surface area (Å²) in [7, 11) is 0. The van der Waals surface area contributed by atoms with Gasteiger partial charge in [0.1, 0.15) is 0 Å². The fourth-order valence-electron chi connectivity index (χ4n) is 4.00. The first-order chi connectivity index (χ1) is 12.1. The smallest absolute Gasteiger partial charge is 0.0140 e. The number of hydrogen-bond acceptors (Lipinski definition) is 2. The van der Waals surface area contributed by atoms with Crippen LogP contribution in [0.5, 0.6) is 0 Å². The quantitative estimate of drug-likeness (QED) is 0.667. The molecule has 2 rings (SSSR count). The summed E-state index contributed by atoms with van der Waals surface area (Å²) in [5.41, 5.74) is 9.78. The lowest BCUT2D eigenvalue weighted by Crippen LogP contribution is -2.44. The first kappa shape index (κ1) is 21.2. The predicted octanol–water partition coefficient (Wildman–Crippen LogP) is 5.43. The van der Waals surface area contributed by atoms with E-state index in [0.717, 1.165) is 13.1 Å². The first-order valence-electron chi connectivity index (χ1n) is 10.3. The van der Waals surface area contributed by atoms with Gasteiger partial charge in [0.2, 0.25) is 0 Å². The first-order valence-corrected chi connectivity index (χ1v) is 10.3. The molecule has 146 valence electrons. The molecule has 0 saturated heterocycles. The van der Waals surface area contributed by atoms with Crippen LogP contribution >= 0.6 is 0 Å². The standard InChI is InChI=1S/C24H40N2/c1-19(23(5,6)22(2,3)4)14-17-26-21-12-15-24(18-25,16-13-21)20-10-8-7-9-11-20/h7-11,14,21,26H,12-13,15-18,25H2,1-6H3/b19-14+. The Morgan fingerprint density at radius 3 is 2.19 bits per heavy atom. The van der Waals surface area contributed by atoms with Crippen LogP contribution in [0.2, 0.25) is 0 Å². The predicted molar refractivity (Wildman–Crippen MR) is 114 cm³/mol. The van der Waals surface area contributed by atoms with Crippen LogP contribution in [-0.4, -0.2) is 19.1 Å². The van der Waals surface area contributed by atoms with Crippen molar-refractivity contribution in [3.63, 3.8) is 0 Å². The Balaban J connectivity index is 1.90. The Morgan fingerprint density at radius 2 is 1.69 bits per heavy atom.